The van der Waals surface area contributed by atoms with Gasteiger partial charge >= 0.3 is 0 Å². The van der Waals surface area contributed by atoms with E-state index in [4.69, 9.17) is 24.4 Å². The number of para-hydroxylation sites is 3. The molecule has 0 atom stereocenters. The fraction of sp³-hybridized carbons (Fsp3) is 0. The molecule has 0 aliphatic rings. The van der Waals surface area contributed by atoms with Crippen molar-refractivity contribution in [1.29, 1.82) is 5.26 Å². The van der Waals surface area contributed by atoms with Gasteiger partial charge in [0.1, 0.15) is 16.9 Å². The maximum atomic E-state index is 9.62. The third kappa shape index (κ3) is 4.28. The number of rotatable bonds is 4. The number of hydrogen-bond acceptors (Lipinski definition) is 6. The van der Waals surface area contributed by atoms with E-state index in [0.717, 1.165) is 55.4 Å². The summed E-state index contributed by atoms with van der Waals surface area (Å²) in [6.07, 6.45) is 0. The average Bonchev–Trinajstić information content (AvgIpc) is 3.47. The van der Waals surface area contributed by atoms with Crippen molar-refractivity contribution in [3.05, 3.63) is 133 Å². The molecule has 3 heterocycles. The van der Waals surface area contributed by atoms with Crippen LogP contribution < -0.4 is 0 Å². The molecule has 8 aromatic rings. The highest BCUT2D eigenvalue weighted by Gasteiger charge is 2.20. The molecule has 0 spiro atoms. The molecule has 0 amide bonds. The average molecular weight is 552 g/mol. The first-order chi connectivity index (χ1) is 21.2. The highest BCUT2D eigenvalue weighted by Crippen LogP contribution is 2.38. The predicted molar refractivity (Wildman–Crippen MR) is 169 cm³/mol. The SMILES string of the molecule is N#Cc1cccc(-c2nc3ccccc3nc2-c2cc(-c3cccc4oc5ccccc5c34)nc(-c3ccccc3)n2)c1. The fourth-order valence-corrected chi connectivity index (χ4v) is 5.53. The molecule has 0 radical (unpaired) electrons. The van der Waals surface area contributed by atoms with Crippen LogP contribution in [0.4, 0.5) is 0 Å². The number of nitrogens with zero attached hydrogens (tertiary/aromatic N) is 5. The van der Waals surface area contributed by atoms with E-state index < -0.39 is 0 Å². The smallest absolute Gasteiger partial charge is 0.160 e. The molecule has 0 N–H and O–H groups in total. The molecule has 8 rings (SSSR count). The van der Waals surface area contributed by atoms with Gasteiger partial charge in [0, 0.05) is 27.5 Å². The minimum absolute atomic E-state index is 0.547. The minimum atomic E-state index is 0.547. The third-order valence-electron chi connectivity index (χ3n) is 7.51. The van der Waals surface area contributed by atoms with E-state index >= 15 is 0 Å². The first kappa shape index (κ1) is 24.6. The molecule has 43 heavy (non-hydrogen) atoms. The maximum absolute atomic E-state index is 9.62. The van der Waals surface area contributed by atoms with Crippen LogP contribution in [0.25, 0.3) is 78.3 Å². The van der Waals surface area contributed by atoms with Crippen LogP contribution in [-0.2, 0) is 0 Å². The Labute approximate surface area is 246 Å². The van der Waals surface area contributed by atoms with Gasteiger partial charge in [0.15, 0.2) is 5.82 Å². The summed E-state index contributed by atoms with van der Waals surface area (Å²) in [5.41, 5.74) is 8.91. The summed E-state index contributed by atoms with van der Waals surface area (Å²) in [6.45, 7) is 0. The Bertz CT molecular complexity index is 2370. The van der Waals surface area contributed by atoms with Gasteiger partial charge in [0.25, 0.3) is 0 Å². The monoisotopic (exact) mass is 551 g/mol. The summed E-state index contributed by atoms with van der Waals surface area (Å²) in [6, 6.07) is 43.4. The molecule has 200 valence electrons. The van der Waals surface area contributed by atoms with Gasteiger partial charge in [-0.3, -0.25) is 0 Å². The third-order valence-corrected chi connectivity index (χ3v) is 7.51. The van der Waals surface area contributed by atoms with E-state index in [2.05, 4.69) is 18.2 Å². The van der Waals surface area contributed by atoms with Crippen molar-refractivity contribution in [2.24, 2.45) is 0 Å². The van der Waals surface area contributed by atoms with Crippen LogP contribution in [0.2, 0.25) is 0 Å². The lowest BCUT2D eigenvalue weighted by molar-refractivity contribution is 0.669. The van der Waals surface area contributed by atoms with Crippen molar-refractivity contribution >= 4 is 33.0 Å². The van der Waals surface area contributed by atoms with Gasteiger partial charge in [-0.15, -0.1) is 0 Å². The lowest BCUT2D eigenvalue weighted by Gasteiger charge is -2.13. The summed E-state index contributed by atoms with van der Waals surface area (Å²) in [5, 5.41) is 11.6. The molecular weight excluding hydrogens is 530 g/mol. The van der Waals surface area contributed by atoms with E-state index in [0.29, 0.717) is 28.5 Å². The minimum Gasteiger partial charge on any atom is -0.456 e. The topological polar surface area (TPSA) is 88.5 Å². The number of furan rings is 1. The van der Waals surface area contributed by atoms with Crippen molar-refractivity contribution in [3.8, 4) is 51.4 Å². The zero-order valence-electron chi connectivity index (χ0n) is 22.8. The number of hydrogen-bond donors (Lipinski definition) is 0. The molecule has 5 aromatic carbocycles. The molecule has 6 nitrogen and oxygen atoms in total. The first-order valence-electron chi connectivity index (χ1n) is 13.9. The second-order valence-corrected chi connectivity index (χ2v) is 10.2. The normalized spacial score (nSPS) is 11.2. The number of nitriles is 1. The molecule has 0 aliphatic heterocycles. The van der Waals surface area contributed by atoms with Crippen LogP contribution in [0.15, 0.2) is 132 Å². The Morgan fingerprint density at radius 1 is 0.535 bits per heavy atom. The van der Waals surface area contributed by atoms with E-state index in [9.17, 15) is 5.26 Å². The van der Waals surface area contributed by atoms with Crippen molar-refractivity contribution < 1.29 is 4.42 Å². The fourth-order valence-electron chi connectivity index (χ4n) is 5.53. The van der Waals surface area contributed by atoms with Crippen molar-refractivity contribution in [2.45, 2.75) is 0 Å². The van der Waals surface area contributed by atoms with Gasteiger partial charge in [-0.25, -0.2) is 19.9 Å². The Morgan fingerprint density at radius 3 is 2.05 bits per heavy atom. The summed E-state index contributed by atoms with van der Waals surface area (Å²) in [7, 11) is 0. The molecule has 6 heteroatoms. The van der Waals surface area contributed by atoms with Crippen LogP contribution in [0.5, 0.6) is 0 Å². The molecular formula is C37H21N5O. The van der Waals surface area contributed by atoms with Gasteiger partial charge in [-0.05, 0) is 42.5 Å². The van der Waals surface area contributed by atoms with E-state index in [-0.39, 0.29) is 0 Å². The lowest BCUT2D eigenvalue weighted by atomic mass is 10.0. The van der Waals surface area contributed by atoms with Gasteiger partial charge < -0.3 is 4.42 Å². The Balaban J connectivity index is 1.45. The second kappa shape index (κ2) is 10.0. The molecule has 0 aliphatic carbocycles. The Kier molecular flexibility index (Phi) is 5.73. The number of fused-ring (bicyclic) bond motifs is 4. The first-order valence-corrected chi connectivity index (χ1v) is 13.9. The summed E-state index contributed by atoms with van der Waals surface area (Å²) < 4.78 is 6.20. The molecule has 0 bridgehead atoms. The molecule has 0 saturated heterocycles. The van der Waals surface area contributed by atoms with Crippen LogP contribution >= 0.6 is 0 Å². The van der Waals surface area contributed by atoms with Gasteiger partial charge in [0.05, 0.1) is 39.7 Å². The van der Waals surface area contributed by atoms with Crippen molar-refractivity contribution in [1.82, 2.24) is 19.9 Å². The predicted octanol–water partition coefficient (Wildman–Crippen LogP) is 8.86. The standard InChI is InChI=1S/C37H21N5O/c38-22-23-10-8-13-25(20-23)35-36(40-29-17-6-5-16-28(29)39-35)31-21-30(41-37(42-31)24-11-2-1-3-12-24)26-15-9-19-33-34(26)27-14-4-7-18-32(27)43-33/h1-21H. The van der Waals surface area contributed by atoms with Gasteiger partial charge in [-0.1, -0.05) is 84.9 Å². The lowest BCUT2D eigenvalue weighted by Crippen LogP contribution is -2.01. The molecule has 0 unspecified atom stereocenters. The zero-order chi connectivity index (χ0) is 28.8. The molecule has 3 aromatic heterocycles. The van der Waals surface area contributed by atoms with E-state index in [1.807, 2.05) is 109 Å². The van der Waals surface area contributed by atoms with Crippen molar-refractivity contribution in [3.63, 3.8) is 0 Å². The highest BCUT2D eigenvalue weighted by atomic mass is 16.3. The summed E-state index contributed by atoms with van der Waals surface area (Å²) >= 11 is 0. The molecule has 0 fully saturated rings. The van der Waals surface area contributed by atoms with Gasteiger partial charge in [0.2, 0.25) is 0 Å². The summed E-state index contributed by atoms with van der Waals surface area (Å²) in [5.74, 6) is 0.574. The number of benzene rings is 5. The largest absolute Gasteiger partial charge is 0.456 e. The van der Waals surface area contributed by atoms with Crippen molar-refractivity contribution in [2.75, 3.05) is 0 Å². The van der Waals surface area contributed by atoms with Gasteiger partial charge in [-0.2, -0.15) is 5.26 Å². The number of aromatic nitrogens is 4. The van der Waals surface area contributed by atoms with Crippen LogP contribution in [-0.4, -0.2) is 19.9 Å². The summed E-state index contributed by atoms with van der Waals surface area (Å²) in [4.78, 5) is 20.3. The zero-order valence-corrected chi connectivity index (χ0v) is 22.8. The molecule has 0 saturated carbocycles. The maximum Gasteiger partial charge on any atom is 0.160 e. The highest BCUT2D eigenvalue weighted by molar-refractivity contribution is 6.12. The van der Waals surface area contributed by atoms with Crippen LogP contribution in [0, 0.1) is 11.3 Å². The van der Waals surface area contributed by atoms with Crippen LogP contribution in [0.1, 0.15) is 5.56 Å². The Hall–Kier alpha value is -6.19. The second-order valence-electron chi connectivity index (χ2n) is 10.2. The van der Waals surface area contributed by atoms with E-state index in [1.165, 1.54) is 0 Å². The van der Waals surface area contributed by atoms with E-state index in [1.54, 1.807) is 6.07 Å². The quantitative estimate of drug-likeness (QED) is 0.217. The Morgan fingerprint density at radius 2 is 1.21 bits per heavy atom. The van der Waals surface area contributed by atoms with Crippen LogP contribution in [0.3, 0.4) is 0 Å².